The van der Waals surface area contributed by atoms with Gasteiger partial charge in [-0.1, -0.05) is 0 Å². The monoisotopic (exact) mass is 460 g/mol. The lowest BCUT2D eigenvalue weighted by atomic mass is 9.87. The summed E-state index contributed by atoms with van der Waals surface area (Å²) in [5.41, 5.74) is 4.43. The zero-order chi connectivity index (χ0) is 23.6. The van der Waals surface area contributed by atoms with Crippen molar-refractivity contribution in [3.8, 4) is 0 Å². The van der Waals surface area contributed by atoms with E-state index in [0.717, 1.165) is 53.8 Å². The number of amides is 1. The molecule has 0 radical (unpaired) electrons. The first kappa shape index (κ1) is 21.0. The molecule has 0 bridgehead atoms. The number of anilines is 1. The molecule has 7 nitrogen and oxygen atoms in total. The number of rotatable bonds is 2. The van der Waals surface area contributed by atoms with E-state index in [-0.39, 0.29) is 29.3 Å². The molecule has 0 unspecified atom stereocenters. The number of aromatic amines is 1. The highest BCUT2D eigenvalue weighted by molar-refractivity contribution is 6.09. The standard InChI is InChI=1S/C26H25FN4O3/c1-14-10-22-20(12-19(14)26(34)30-9-8-16-11-17(27)4-7-21(16)30)29-25(33)23-13-28-24(31(22)23)15-2-5-18(32)6-3-15/h4,7,10-13,15,18,32H,2-3,5-6,8-9H2,1H3,(H,29,33). The van der Waals surface area contributed by atoms with Gasteiger partial charge in [-0.25, -0.2) is 9.37 Å². The first-order valence-corrected chi connectivity index (χ1v) is 11.7. The van der Waals surface area contributed by atoms with Crippen molar-refractivity contribution in [1.82, 2.24) is 14.4 Å². The molecule has 1 fully saturated rings. The van der Waals surface area contributed by atoms with E-state index in [4.69, 9.17) is 0 Å². The Labute approximate surface area is 194 Å². The van der Waals surface area contributed by atoms with E-state index < -0.39 is 0 Å². The van der Waals surface area contributed by atoms with Crippen LogP contribution in [0.3, 0.4) is 0 Å². The Hall–Kier alpha value is -3.52. The molecule has 0 saturated heterocycles. The van der Waals surface area contributed by atoms with Crippen molar-refractivity contribution in [1.29, 1.82) is 0 Å². The van der Waals surface area contributed by atoms with Crippen LogP contribution in [-0.2, 0) is 6.42 Å². The molecule has 4 aromatic rings. The second-order valence-electron chi connectivity index (χ2n) is 9.46. The Kier molecular flexibility index (Phi) is 4.81. The summed E-state index contributed by atoms with van der Waals surface area (Å²) in [6.07, 6.45) is 5.02. The minimum atomic E-state index is -0.305. The maximum Gasteiger partial charge on any atom is 0.274 e. The Morgan fingerprint density at radius 3 is 2.74 bits per heavy atom. The third-order valence-corrected chi connectivity index (χ3v) is 7.33. The molecule has 3 heterocycles. The fourth-order valence-corrected chi connectivity index (χ4v) is 5.52. The van der Waals surface area contributed by atoms with E-state index in [9.17, 15) is 19.1 Å². The molecule has 1 amide bonds. The molecule has 1 aliphatic carbocycles. The maximum atomic E-state index is 13.6. The van der Waals surface area contributed by atoms with E-state index >= 15 is 0 Å². The van der Waals surface area contributed by atoms with E-state index in [1.807, 2.05) is 17.4 Å². The molecule has 2 aromatic carbocycles. The highest BCUT2D eigenvalue weighted by atomic mass is 19.1. The molecule has 2 N–H and O–H groups in total. The number of hydrogen-bond acceptors (Lipinski definition) is 4. The number of nitrogens with one attached hydrogen (secondary N) is 1. The molecular weight excluding hydrogens is 435 g/mol. The number of aryl methyl sites for hydroxylation is 1. The molecule has 2 aliphatic rings. The number of nitrogens with zero attached hydrogens (tertiary/aromatic N) is 3. The zero-order valence-electron chi connectivity index (χ0n) is 18.8. The fourth-order valence-electron chi connectivity index (χ4n) is 5.52. The van der Waals surface area contributed by atoms with E-state index in [0.29, 0.717) is 29.6 Å². The summed E-state index contributed by atoms with van der Waals surface area (Å²) < 4.78 is 15.5. The number of H-pyrrole nitrogens is 1. The van der Waals surface area contributed by atoms with Gasteiger partial charge < -0.3 is 15.0 Å². The number of halogens is 1. The number of hydrogen-bond donors (Lipinski definition) is 2. The number of fused-ring (bicyclic) bond motifs is 4. The molecule has 8 heteroatoms. The second-order valence-corrected chi connectivity index (χ2v) is 9.46. The van der Waals surface area contributed by atoms with Crippen LogP contribution in [0.1, 0.15) is 58.9 Å². The van der Waals surface area contributed by atoms with Crippen molar-refractivity contribution >= 4 is 28.1 Å². The van der Waals surface area contributed by atoms with E-state index in [1.165, 1.54) is 12.1 Å². The first-order valence-electron chi connectivity index (χ1n) is 11.7. The number of aliphatic hydroxyl groups is 1. The average Bonchev–Trinajstić information content (AvgIpc) is 3.44. The van der Waals surface area contributed by atoms with Crippen molar-refractivity contribution in [2.75, 3.05) is 11.4 Å². The van der Waals surface area contributed by atoms with Crippen LogP contribution in [-0.4, -0.2) is 38.0 Å². The number of carbonyl (C=O) groups is 1. The van der Waals surface area contributed by atoms with Crippen LogP contribution in [0.4, 0.5) is 10.1 Å². The minimum absolute atomic E-state index is 0.166. The smallest absolute Gasteiger partial charge is 0.274 e. The maximum absolute atomic E-state index is 13.6. The summed E-state index contributed by atoms with van der Waals surface area (Å²) >= 11 is 0. The lowest BCUT2D eigenvalue weighted by Gasteiger charge is -2.25. The number of carbonyl (C=O) groups excluding carboxylic acids is 1. The van der Waals surface area contributed by atoms with Gasteiger partial charge in [-0.15, -0.1) is 0 Å². The zero-order valence-corrected chi connectivity index (χ0v) is 18.8. The first-order chi connectivity index (χ1) is 16.4. The van der Waals surface area contributed by atoms with Gasteiger partial charge in [0.2, 0.25) is 0 Å². The van der Waals surface area contributed by atoms with Crippen molar-refractivity contribution < 1.29 is 14.3 Å². The van der Waals surface area contributed by atoms with Crippen molar-refractivity contribution in [3.05, 3.63) is 75.2 Å². The second kappa shape index (κ2) is 7.77. The SMILES string of the molecule is Cc1cc2c(cc1C(=O)N1CCc3cc(F)ccc31)[nH]c(=O)c1cnc(C3CCC(O)CC3)n12. The van der Waals surface area contributed by atoms with Crippen LogP contribution in [0.2, 0.25) is 0 Å². The normalized spacial score (nSPS) is 20.3. The average molecular weight is 461 g/mol. The van der Waals surface area contributed by atoms with E-state index in [2.05, 4.69) is 9.97 Å². The predicted molar refractivity (Wildman–Crippen MR) is 127 cm³/mol. The number of imidazole rings is 1. The summed E-state index contributed by atoms with van der Waals surface area (Å²) in [5, 5.41) is 9.90. The Bertz CT molecular complexity index is 1510. The summed E-state index contributed by atoms with van der Waals surface area (Å²) in [6, 6.07) is 8.17. The van der Waals surface area contributed by atoms with Gasteiger partial charge in [-0.3, -0.25) is 14.0 Å². The molecule has 2 aromatic heterocycles. The molecule has 34 heavy (non-hydrogen) atoms. The Morgan fingerprint density at radius 2 is 1.94 bits per heavy atom. The minimum Gasteiger partial charge on any atom is -0.393 e. The van der Waals surface area contributed by atoms with Gasteiger partial charge in [-0.05, 0) is 80.5 Å². The quantitative estimate of drug-likeness (QED) is 0.476. The molecule has 1 saturated carbocycles. The molecule has 174 valence electrons. The summed E-state index contributed by atoms with van der Waals surface area (Å²) in [4.78, 5) is 35.6. The number of aliphatic hydroxyl groups excluding tert-OH is 1. The molecular formula is C26H25FN4O3. The van der Waals surface area contributed by atoms with Crippen LogP contribution in [0, 0.1) is 12.7 Å². The highest BCUT2D eigenvalue weighted by Gasteiger charge is 2.28. The van der Waals surface area contributed by atoms with Crippen LogP contribution in [0.25, 0.3) is 16.6 Å². The van der Waals surface area contributed by atoms with Crippen LogP contribution < -0.4 is 10.5 Å². The van der Waals surface area contributed by atoms with Crippen molar-refractivity contribution in [2.45, 2.75) is 51.0 Å². The van der Waals surface area contributed by atoms with Gasteiger partial charge in [0, 0.05) is 23.7 Å². The summed E-state index contributed by atoms with van der Waals surface area (Å²) in [6.45, 7) is 2.38. The van der Waals surface area contributed by atoms with Crippen LogP contribution >= 0.6 is 0 Å². The predicted octanol–water partition coefficient (Wildman–Crippen LogP) is 3.84. The van der Waals surface area contributed by atoms with Gasteiger partial charge in [0.1, 0.15) is 17.2 Å². The lowest BCUT2D eigenvalue weighted by molar-refractivity contribution is 0.0989. The van der Waals surface area contributed by atoms with Gasteiger partial charge in [0.25, 0.3) is 11.5 Å². The van der Waals surface area contributed by atoms with Gasteiger partial charge >= 0.3 is 0 Å². The molecule has 0 atom stereocenters. The van der Waals surface area contributed by atoms with Gasteiger partial charge in [-0.2, -0.15) is 0 Å². The van der Waals surface area contributed by atoms with Crippen LogP contribution in [0.15, 0.2) is 41.3 Å². The molecule has 0 spiro atoms. The van der Waals surface area contributed by atoms with Crippen molar-refractivity contribution in [2.24, 2.45) is 0 Å². The van der Waals surface area contributed by atoms with Gasteiger partial charge in [0.05, 0.1) is 23.3 Å². The van der Waals surface area contributed by atoms with Gasteiger partial charge in [0.15, 0.2) is 0 Å². The lowest BCUT2D eigenvalue weighted by Crippen LogP contribution is -2.29. The van der Waals surface area contributed by atoms with E-state index in [1.54, 1.807) is 23.2 Å². The number of aromatic nitrogens is 3. The Balaban J connectivity index is 1.46. The third kappa shape index (κ3) is 3.24. The number of benzene rings is 2. The Morgan fingerprint density at radius 1 is 1.15 bits per heavy atom. The fraction of sp³-hybridized carbons (Fsp3) is 0.346. The summed E-state index contributed by atoms with van der Waals surface area (Å²) in [7, 11) is 0. The van der Waals surface area contributed by atoms with Crippen molar-refractivity contribution in [3.63, 3.8) is 0 Å². The molecule has 6 rings (SSSR count). The highest BCUT2D eigenvalue weighted by Crippen LogP contribution is 2.34. The molecule has 1 aliphatic heterocycles. The van der Waals surface area contributed by atoms with Crippen LogP contribution in [0.5, 0.6) is 0 Å². The third-order valence-electron chi connectivity index (χ3n) is 7.33. The summed E-state index contributed by atoms with van der Waals surface area (Å²) in [5.74, 6) is 0.518. The largest absolute Gasteiger partial charge is 0.393 e. The topological polar surface area (TPSA) is 90.7 Å².